The quantitative estimate of drug-likeness (QED) is 0.830. The van der Waals surface area contributed by atoms with Gasteiger partial charge in [-0.3, -0.25) is 0 Å². The van der Waals surface area contributed by atoms with E-state index < -0.39 is 0 Å². The minimum atomic E-state index is 0. The van der Waals surface area contributed by atoms with Crippen LogP contribution in [0.1, 0.15) is 37.2 Å². The predicted octanol–water partition coefficient (Wildman–Crippen LogP) is 1.96. The number of rotatable bonds is 5. The molecule has 2 aromatic rings. The van der Waals surface area contributed by atoms with Gasteiger partial charge < -0.3 is 20.9 Å². The van der Waals surface area contributed by atoms with Crippen LogP contribution in [-0.2, 0) is 13.1 Å². The fraction of sp³-hybridized carbons (Fsp3) is 0.533. The van der Waals surface area contributed by atoms with E-state index in [-0.39, 0.29) is 24.8 Å². The van der Waals surface area contributed by atoms with Crippen LogP contribution in [-0.4, -0.2) is 32.6 Å². The second kappa shape index (κ2) is 8.50. The lowest BCUT2D eigenvalue weighted by Gasteiger charge is -2.32. The average Bonchev–Trinajstić information content (AvgIpc) is 2.90. The zero-order valence-electron chi connectivity index (χ0n) is 13.9. The molecule has 0 spiro atoms. The molecule has 4 N–H and O–H groups in total. The molecule has 7 nitrogen and oxygen atoms in total. The molecule has 134 valence electrons. The maximum absolute atomic E-state index is 5.88. The highest BCUT2D eigenvalue weighted by molar-refractivity contribution is 5.85. The Morgan fingerprint density at radius 1 is 1.29 bits per heavy atom. The van der Waals surface area contributed by atoms with Crippen molar-refractivity contribution >= 4 is 36.6 Å². The number of nitrogens with zero attached hydrogens (tertiary/aromatic N) is 5. The molecular formula is C15H25Cl2N7. The summed E-state index contributed by atoms with van der Waals surface area (Å²) in [7, 11) is 1.99. The van der Waals surface area contributed by atoms with E-state index in [0.717, 1.165) is 36.7 Å². The molecule has 0 radical (unpaired) electrons. The standard InChI is InChI=1S/C15H23N7.2ClH/c1-3-22-5-4-18-14(22)9-21(2)13-8-12(19-15(17)20-13)10-6-11(16)7-10;;/h4-5,8,10-11H,3,6-7,9,16H2,1-2H3,(H2,17,19,20);2*1H. The number of hydrogen-bond acceptors (Lipinski definition) is 6. The Labute approximate surface area is 154 Å². The Morgan fingerprint density at radius 3 is 2.62 bits per heavy atom. The average molecular weight is 374 g/mol. The number of aryl methyl sites for hydroxylation is 1. The van der Waals surface area contributed by atoms with E-state index in [9.17, 15) is 0 Å². The molecule has 3 rings (SSSR count). The van der Waals surface area contributed by atoms with Crippen molar-refractivity contribution in [3.8, 4) is 0 Å². The second-order valence-electron chi connectivity index (χ2n) is 5.92. The van der Waals surface area contributed by atoms with Gasteiger partial charge in [0.15, 0.2) is 0 Å². The monoisotopic (exact) mass is 373 g/mol. The summed E-state index contributed by atoms with van der Waals surface area (Å²) in [6.07, 6.45) is 5.75. The van der Waals surface area contributed by atoms with Gasteiger partial charge in [-0.1, -0.05) is 0 Å². The van der Waals surface area contributed by atoms with Crippen molar-refractivity contribution in [3.63, 3.8) is 0 Å². The summed E-state index contributed by atoms with van der Waals surface area (Å²) in [5, 5.41) is 0. The highest BCUT2D eigenvalue weighted by Crippen LogP contribution is 2.35. The highest BCUT2D eigenvalue weighted by atomic mass is 35.5. The van der Waals surface area contributed by atoms with E-state index in [1.54, 1.807) is 0 Å². The Kier molecular flexibility index (Phi) is 7.26. The zero-order chi connectivity index (χ0) is 15.7. The first-order valence-corrected chi connectivity index (χ1v) is 7.68. The van der Waals surface area contributed by atoms with E-state index in [1.807, 2.05) is 25.5 Å². The van der Waals surface area contributed by atoms with Gasteiger partial charge in [0.05, 0.1) is 12.2 Å². The van der Waals surface area contributed by atoms with Crippen LogP contribution in [0.5, 0.6) is 0 Å². The molecule has 9 heteroatoms. The summed E-state index contributed by atoms with van der Waals surface area (Å²) in [4.78, 5) is 15.2. The maximum atomic E-state index is 5.88. The molecule has 0 amide bonds. The summed E-state index contributed by atoms with van der Waals surface area (Å²) in [5.74, 6) is 2.56. The third-order valence-electron chi connectivity index (χ3n) is 4.25. The van der Waals surface area contributed by atoms with E-state index in [1.165, 1.54) is 0 Å². The van der Waals surface area contributed by atoms with Gasteiger partial charge in [0, 0.05) is 44.0 Å². The fourth-order valence-electron chi connectivity index (χ4n) is 2.85. The van der Waals surface area contributed by atoms with Gasteiger partial charge in [-0.15, -0.1) is 24.8 Å². The predicted molar refractivity (Wildman–Crippen MR) is 101 cm³/mol. The van der Waals surface area contributed by atoms with Crippen molar-refractivity contribution in [2.24, 2.45) is 5.73 Å². The molecule has 1 aliphatic rings. The zero-order valence-corrected chi connectivity index (χ0v) is 15.6. The van der Waals surface area contributed by atoms with Crippen LogP contribution in [0.4, 0.5) is 11.8 Å². The molecule has 2 heterocycles. The molecule has 24 heavy (non-hydrogen) atoms. The van der Waals surface area contributed by atoms with Crippen LogP contribution < -0.4 is 16.4 Å². The summed E-state index contributed by atoms with van der Waals surface area (Å²) in [5.41, 5.74) is 12.7. The first-order valence-electron chi connectivity index (χ1n) is 7.68. The first kappa shape index (κ1) is 20.5. The largest absolute Gasteiger partial charge is 0.368 e. The van der Waals surface area contributed by atoms with E-state index in [2.05, 4.69) is 31.3 Å². The summed E-state index contributed by atoms with van der Waals surface area (Å²) in [6, 6.07) is 2.31. The number of anilines is 2. The number of nitrogen functional groups attached to an aromatic ring is 1. The third kappa shape index (κ3) is 4.28. The van der Waals surface area contributed by atoms with Crippen LogP contribution in [0, 0.1) is 0 Å². The van der Waals surface area contributed by atoms with Crippen molar-refractivity contribution in [2.75, 3.05) is 17.7 Å². The van der Waals surface area contributed by atoms with Crippen molar-refractivity contribution in [1.82, 2.24) is 19.5 Å². The molecule has 0 atom stereocenters. The van der Waals surface area contributed by atoms with Gasteiger partial charge in [-0.25, -0.2) is 9.97 Å². The van der Waals surface area contributed by atoms with Crippen molar-refractivity contribution < 1.29 is 0 Å². The van der Waals surface area contributed by atoms with Gasteiger partial charge in [0.1, 0.15) is 11.6 Å². The topological polar surface area (TPSA) is 98.9 Å². The summed E-state index contributed by atoms with van der Waals surface area (Å²) >= 11 is 0. The first-order chi connectivity index (χ1) is 10.6. The Morgan fingerprint density at radius 2 is 2.00 bits per heavy atom. The molecular weight excluding hydrogens is 349 g/mol. The Balaban J connectivity index is 0.00000144. The molecule has 1 saturated carbocycles. The number of halogens is 2. The van der Waals surface area contributed by atoms with Crippen LogP contribution >= 0.6 is 24.8 Å². The molecule has 2 aromatic heterocycles. The summed E-state index contributed by atoms with van der Waals surface area (Å²) < 4.78 is 2.12. The number of aromatic nitrogens is 4. The highest BCUT2D eigenvalue weighted by Gasteiger charge is 2.29. The van der Waals surface area contributed by atoms with E-state index >= 15 is 0 Å². The van der Waals surface area contributed by atoms with Crippen LogP contribution in [0.2, 0.25) is 0 Å². The minimum absolute atomic E-state index is 0. The Bertz CT molecular complexity index is 655. The maximum Gasteiger partial charge on any atom is 0.222 e. The van der Waals surface area contributed by atoms with Gasteiger partial charge >= 0.3 is 0 Å². The molecule has 0 aliphatic heterocycles. The Hall–Kier alpha value is -1.57. The van der Waals surface area contributed by atoms with Gasteiger partial charge in [0.2, 0.25) is 5.95 Å². The number of hydrogen-bond donors (Lipinski definition) is 2. The summed E-state index contributed by atoms with van der Waals surface area (Å²) in [6.45, 7) is 3.69. The second-order valence-corrected chi connectivity index (χ2v) is 5.92. The van der Waals surface area contributed by atoms with Gasteiger partial charge in [-0.2, -0.15) is 4.98 Å². The molecule has 0 bridgehead atoms. The van der Waals surface area contributed by atoms with Crippen molar-refractivity contribution in [1.29, 1.82) is 0 Å². The fourth-order valence-corrected chi connectivity index (χ4v) is 2.85. The van der Waals surface area contributed by atoms with Crippen molar-refractivity contribution in [3.05, 3.63) is 30.0 Å². The lowest BCUT2D eigenvalue weighted by molar-refractivity contribution is 0.345. The molecule has 1 aliphatic carbocycles. The SMILES string of the molecule is CCn1ccnc1CN(C)c1cc(C2CC(N)C2)nc(N)n1.Cl.Cl. The lowest BCUT2D eigenvalue weighted by Crippen LogP contribution is -2.35. The molecule has 0 saturated heterocycles. The normalized spacial score (nSPS) is 19.0. The molecule has 1 fully saturated rings. The number of nitrogens with two attached hydrogens (primary N) is 2. The third-order valence-corrected chi connectivity index (χ3v) is 4.25. The minimum Gasteiger partial charge on any atom is -0.368 e. The van der Waals surface area contributed by atoms with Gasteiger partial charge in [-0.05, 0) is 19.8 Å². The van der Waals surface area contributed by atoms with Crippen LogP contribution in [0.3, 0.4) is 0 Å². The lowest BCUT2D eigenvalue weighted by atomic mass is 9.78. The molecule has 0 aromatic carbocycles. The van der Waals surface area contributed by atoms with Gasteiger partial charge in [0.25, 0.3) is 0 Å². The smallest absolute Gasteiger partial charge is 0.222 e. The van der Waals surface area contributed by atoms with Crippen LogP contribution in [0.25, 0.3) is 0 Å². The van der Waals surface area contributed by atoms with Crippen molar-refractivity contribution in [2.45, 2.75) is 44.8 Å². The van der Waals surface area contributed by atoms with Crippen LogP contribution in [0.15, 0.2) is 18.5 Å². The van der Waals surface area contributed by atoms with E-state index in [0.29, 0.717) is 24.5 Å². The number of imidazole rings is 1. The van der Waals surface area contributed by atoms with E-state index in [4.69, 9.17) is 11.5 Å². The molecule has 0 unspecified atom stereocenters.